The van der Waals surface area contributed by atoms with Crippen LogP contribution in [0.25, 0.3) is 0 Å². The number of hydrogen-bond acceptors (Lipinski definition) is 6. The molecule has 1 aliphatic rings. The van der Waals surface area contributed by atoms with Crippen molar-refractivity contribution in [3.05, 3.63) is 66.0 Å². The number of morpholine rings is 1. The first-order valence-electron chi connectivity index (χ1n) is 9.50. The number of nitrogens with one attached hydrogen (secondary N) is 2. The van der Waals surface area contributed by atoms with Crippen LogP contribution in [0.15, 0.2) is 54.6 Å². The van der Waals surface area contributed by atoms with E-state index in [9.17, 15) is 4.79 Å². The molecule has 1 amide bonds. The second kappa shape index (κ2) is 8.74. The highest BCUT2D eigenvalue weighted by molar-refractivity contribution is 5.78. The highest BCUT2D eigenvalue weighted by Gasteiger charge is 2.26. The summed E-state index contributed by atoms with van der Waals surface area (Å²) < 4.78 is 11.5. The SMILES string of the molecule is Cc1cc(Nc2cccc(C3CN(C(=O)COc4ccccc4)CCO3)n2)n[nH]1. The molecule has 0 radical (unpaired) electrons. The summed E-state index contributed by atoms with van der Waals surface area (Å²) in [6.45, 7) is 3.38. The van der Waals surface area contributed by atoms with Crippen molar-refractivity contribution in [2.75, 3.05) is 31.6 Å². The van der Waals surface area contributed by atoms with Crippen LogP contribution in [0.5, 0.6) is 5.75 Å². The van der Waals surface area contributed by atoms with E-state index in [0.717, 1.165) is 11.4 Å². The average molecular weight is 393 g/mol. The fourth-order valence-electron chi connectivity index (χ4n) is 3.12. The number of hydrogen-bond donors (Lipinski definition) is 2. The number of rotatable bonds is 6. The Bertz CT molecular complexity index is 960. The normalized spacial score (nSPS) is 16.4. The van der Waals surface area contributed by atoms with E-state index in [1.165, 1.54) is 0 Å². The third-order valence-electron chi connectivity index (χ3n) is 4.59. The lowest BCUT2D eigenvalue weighted by molar-refractivity contribution is -0.141. The van der Waals surface area contributed by atoms with E-state index in [0.29, 0.717) is 37.1 Å². The van der Waals surface area contributed by atoms with Crippen LogP contribution in [-0.2, 0) is 9.53 Å². The van der Waals surface area contributed by atoms with Gasteiger partial charge in [0.05, 0.1) is 18.8 Å². The topological polar surface area (TPSA) is 92.4 Å². The van der Waals surface area contributed by atoms with E-state index < -0.39 is 0 Å². The molecule has 0 spiro atoms. The summed E-state index contributed by atoms with van der Waals surface area (Å²) in [7, 11) is 0. The van der Waals surface area contributed by atoms with Crippen LogP contribution in [0.3, 0.4) is 0 Å². The number of carbonyl (C=O) groups excluding carboxylic acids is 1. The first-order valence-corrected chi connectivity index (χ1v) is 9.50. The summed E-state index contributed by atoms with van der Waals surface area (Å²) in [6, 6.07) is 16.9. The van der Waals surface area contributed by atoms with Crippen molar-refractivity contribution in [2.24, 2.45) is 0 Å². The quantitative estimate of drug-likeness (QED) is 0.669. The smallest absolute Gasteiger partial charge is 0.260 e. The van der Waals surface area contributed by atoms with Crippen molar-refractivity contribution in [2.45, 2.75) is 13.0 Å². The minimum atomic E-state index is -0.285. The van der Waals surface area contributed by atoms with Gasteiger partial charge in [0.2, 0.25) is 0 Å². The second-order valence-corrected chi connectivity index (χ2v) is 6.81. The van der Waals surface area contributed by atoms with Crippen LogP contribution in [0.4, 0.5) is 11.6 Å². The number of pyridine rings is 1. The molecule has 1 atom stereocenters. The molecule has 2 aromatic heterocycles. The van der Waals surface area contributed by atoms with E-state index >= 15 is 0 Å². The Morgan fingerprint density at radius 1 is 1.24 bits per heavy atom. The standard InChI is InChI=1S/C21H23N5O3/c1-15-12-20(25-24-15)23-19-9-5-8-17(22-19)18-13-26(10-11-28-18)21(27)14-29-16-6-3-2-4-7-16/h2-9,12,18H,10-11,13-14H2,1H3,(H2,22,23,24,25). The molecule has 3 aromatic rings. The van der Waals surface area contributed by atoms with Crippen molar-refractivity contribution < 1.29 is 14.3 Å². The zero-order chi connectivity index (χ0) is 20.1. The van der Waals surface area contributed by atoms with Gasteiger partial charge in [-0.05, 0) is 31.2 Å². The van der Waals surface area contributed by atoms with E-state index in [-0.39, 0.29) is 18.6 Å². The first-order chi connectivity index (χ1) is 14.2. The number of nitrogens with zero attached hydrogens (tertiary/aromatic N) is 3. The predicted octanol–water partition coefficient (Wildman–Crippen LogP) is 2.84. The highest BCUT2D eigenvalue weighted by atomic mass is 16.5. The number of amides is 1. The Labute approximate surface area is 168 Å². The monoisotopic (exact) mass is 393 g/mol. The lowest BCUT2D eigenvalue weighted by atomic mass is 10.2. The molecule has 8 nitrogen and oxygen atoms in total. The molecule has 1 unspecified atom stereocenters. The van der Waals surface area contributed by atoms with E-state index in [1.54, 1.807) is 4.90 Å². The lowest BCUT2D eigenvalue weighted by Crippen LogP contribution is -2.44. The molecule has 3 heterocycles. The maximum atomic E-state index is 12.6. The summed E-state index contributed by atoms with van der Waals surface area (Å²) in [6.07, 6.45) is -0.285. The molecular formula is C21H23N5O3. The fourth-order valence-corrected chi connectivity index (χ4v) is 3.12. The zero-order valence-corrected chi connectivity index (χ0v) is 16.2. The first kappa shape index (κ1) is 18.9. The molecule has 1 fully saturated rings. The average Bonchev–Trinajstić information content (AvgIpc) is 3.17. The minimum absolute atomic E-state index is 0.00423. The van der Waals surface area contributed by atoms with Crippen LogP contribution in [0.2, 0.25) is 0 Å². The fraction of sp³-hybridized carbons (Fsp3) is 0.286. The number of carbonyl (C=O) groups is 1. The highest BCUT2D eigenvalue weighted by Crippen LogP contribution is 2.23. The maximum Gasteiger partial charge on any atom is 0.260 e. The molecule has 4 rings (SSSR count). The van der Waals surface area contributed by atoms with Gasteiger partial charge in [-0.3, -0.25) is 9.89 Å². The number of H-pyrrole nitrogens is 1. The molecule has 0 bridgehead atoms. The van der Waals surface area contributed by atoms with Crippen molar-refractivity contribution in [1.29, 1.82) is 0 Å². The Balaban J connectivity index is 1.37. The molecule has 8 heteroatoms. The number of anilines is 2. The third-order valence-corrected chi connectivity index (χ3v) is 4.59. The zero-order valence-electron chi connectivity index (χ0n) is 16.2. The molecule has 2 N–H and O–H groups in total. The van der Waals surface area contributed by atoms with Crippen LogP contribution >= 0.6 is 0 Å². The molecule has 0 aliphatic carbocycles. The van der Waals surface area contributed by atoms with Crippen molar-refractivity contribution in [1.82, 2.24) is 20.1 Å². The molecule has 1 aliphatic heterocycles. The van der Waals surface area contributed by atoms with Gasteiger partial charge in [0.1, 0.15) is 17.7 Å². The van der Waals surface area contributed by atoms with Gasteiger partial charge in [0, 0.05) is 18.3 Å². The van der Waals surface area contributed by atoms with Crippen molar-refractivity contribution in [3.8, 4) is 5.75 Å². The number of aromatic nitrogens is 3. The maximum absolute atomic E-state index is 12.6. The summed E-state index contributed by atoms with van der Waals surface area (Å²) in [5.41, 5.74) is 1.73. The number of benzene rings is 1. The van der Waals surface area contributed by atoms with Gasteiger partial charge in [-0.15, -0.1) is 0 Å². The Morgan fingerprint density at radius 2 is 2.10 bits per heavy atom. The van der Waals surface area contributed by atoms with E-state index in [1.807, 2.05) is 61.5 Å². The van der Waals surface area contributed by atoms with Gasteiger partial charge in [-0.25, -0.2) is 4.98 Å². The Hall–Kier alpha value is -3.39. The van der Waals surface area contributed by atoms with Crippen LogP contribution in [0, 0.1) is 6.92 Å². The third kappa shape index (κ3) is 4.91. The van der Waals surface area contributed by atoms with E-state index in [2.05, 4.69) is 20.5 Å². The second-order valence-electron chi connectivity index (χ2n) is 6.81. The number of aryl methyl sites for hydroxylation is 1. The minimum Gasteiger partial charge on any atom is -0.484 e. The summed E-state index contributed by atoms with van der Waals surface area (Å²) >= 11 is 0. The molecule has 1 aromatic carbocycles. The van der Waals surface area contributed by atoms with Gasteiger partial charge in [0.15, 0.2) is 12.4 Å². The van der Waals surface area contributed by atoms with Crippen LogP contribution < -0.4 is 10.1 Å². The van der Waals surface area contributed by atoms with Crippen molar-refractivity contribution >= 4 is 17.5 Å². The van der Waals surface area contributed by atoms with Gasteiger partial charge in [-0.2, -0.15) is 5.10 Å². The molecule has 29 heavy (non-hydrogen) atoms. The molecule has 1 saturated heterocycles. The van der Waals surface area contributed by atoms with Gasteiger partial charge in [-0.1, -0.05) is 24.3 Å². The molecular weight excluding hydrogens is 370 g/mol. The number of aromatic amines is 1. The predicted molar refractivity (Wildman–Crippen MR) is 108 cm³/mol. The van der Waals surface area contributed by atoms with Crippen LogP contribution in [-0.4, -0.2) is 52.3 Å². The molecule has 150 valence electrons. The van der Waals surface area contributed by atoms with Crippen molar-refractivity contribution in [3.63, 3.8) is 0 Å². The summed E-state index contributed by atoms with van der Waals surface area (Å²) in [5, 5.41) is 10.2. The number of para-hydroxylation sites is 1. The number of ether oxygens (including phenoxy) is 2. The Kier molecular flexibility index (Phi) is 5.71. The van der Waals surface area contributed by atoms with Gasteiger partial charge in [0.25, 0.3) is 5.91 Å². The Morgan fingerprint density at radius 3 is 2.90 bits per heavy atom. The summed E-state index contributed by atoms with van der Waals surface area (Å²) in [5.74, 6) is 1.99. The van der Waals surface area contributed by atoms with E-state index in [4.69, 9.17) is 9.47 Å². The molecule has 0 saturated carbocycles. The van der Waals surface area contributed by atoms with Crippen LogP contribution in [0.1, 0.15) is 17.5 Å². The summed E-state index contributed by atoms with van der Waals surface area (Å²) in [4.78, 5) is 18.9. The lowest BCUT2D eigenvalue weighted by Gasteiger charge is -2.32. The largest absolute Gasteiger partial charge is 0.484 e. The van der Waals surface area contributed by atoms with Gasteiger partial charge < -0.3 is 19.7 Å². The van der Waals surface area contributed by atoms with Gasteiger partial charge >= 0.3 is 0 Å².